The zero-order valence-electron chi connectivity index (χ0n) is 14.2. The highest BCUT2D eigenvalue weighted by Crippen LogP contribution is 2.29. The SMILES string of the molecule is CCOc1ccc(OCCCC(=O)N(C2CC2)C(C)C(=O)O)cc1. The van der Waals surface area contributed by atoms with Crippen LogP contribution < -0.4 is 9.47 Å². The minimum atomic E-state index is -0.958. The molecule has 0 bridgehead atoms. The molecule has 6 nitrogen and oxygen atoms in total. The molecule has 1 saturated carbocycles. The average Bonchev–Trinajstić information content (AvgIpc) is 3.38. The van der Waals surface area contributed by atoms with Crippen molar-refractivity contribution in [3.8, 4) is 11.5 Å². The Hall–Kier alpha value is -2.24. The summed E-state index contributed by atoms with van der Waals surface area (Å²) in [6, 6.07) is 6.67. The third-order valence-corrected chi connectivity index (χ3v) is 3.94. The lowest BCUT2D eigenvalue weighted by atomic mass is 10.2. The summed E-state index contributed by atoms with van der Waals surface area (Å²) in [6.45, 7) is 4.53. The van der Waals surface area contributed by atoms with Crippen LogP contribution in [0.2, 0.25) is 0 Å². The van der Waals surface area contributed by atoms with Gasteiger partial charge < -0.3 is 19.5 Å². The molecule has 1 fully saturated rings. The summed E-state index contributed by atoms with van der Waals surface area (Å²) < 4.78 is 11.0. The standard InChI is InChI=1S/C18H25NO5/c1-3-23-15-8-10-16(11-9-15)24-12-4-5-17(20)19(14-6-7-14)13(2)18(21)22/h8-11,13-14H,3-7,12H2,1-2H3,(H,21,22). The summed E-state index contributed by atoms with van der Waals surface area (Å²) in [5.41, 5.74) is 0. The van der Waals surface area contributed by atoms with Crippen molar-refractivity contribution in [2.24, 2.45) is 0 Å². The predicted molar refractivity (Wildman–Crippen MR) is 89.3 cm³/mol. The van der Waals surface area contributed by atoms with Gasteiger partial charge in [0.15, 0.2) is 0 Å². The van der Waals surface area contributed by atoms with Crippen LogP contribution in [0.3, 0.4) is 0 Å². The van der Waals surface area contributed by atoms with E-state index in [-0.39, 0.29) is 11.9 Å². The van der Waals surface area contributed by atoms with Crippen molar-refractivity contribution in [3.05, 3.63) is 24.3 Å². The van der Waals surface area contributed by atoms with Gasteiger partial charge in [-0.2, -0.15) is 0 Å². The van der Waals surface area contributed by atoms with Crippen molar-refractivity contribution in [3.63, 3.8) is 0 Å². The molecule has 0 aromatic heterocycles. The van der Waals surface area contributed by atoms with Crippen LogP contribution in [0.5, 0.6) is 11.5 Å². The van der Waals surface area contributed by atoms with Crippen LogP contribution in [0.15, 0.2) is 24.3 Å². The zero-order chi connectivity index (χ0) is 17.5. The number of carboxylic acids is 1. The van der Waals surface area contributed by atoms with Crippen LogP contribution in [-0.4, -0.2) is 47.2 Å². The van der Waals surface area contributed by atoms with Gasteiger partial charge in [-0.15, -0.1) is 0 Å². The van der Waals surface area contributed by atoms with E-state index in [1.165, 1.54) is 4.90 Å². The topological polar surface area (TPSA) is 76.1 Å². The Morgan fingerprint density at radius 3 is 2.29 bits per heavy atom. The van der Waals surface area contributed by atoms with Crippen LogP contribution in [0.1, 0.15) is 39.5 Å². The fourth-order valence-electron chi connectivity index (χ4n) is 2.55. The lowest BCUT2D eigenvalue weighted by Crippen LogP contribution is -2.44. The lowest BCUT2D eigenvalue weighted by molar-refractivity contribution is -0.150. The molecule has 132 valence electrons. The molecule has 1 unspecified atom stereocenters. The number of carbonyl (C=O) groups excluding carboxylic acids is 1. The molecule has 1 aromatic rings. The van der Waals surface area contributed by atoms with Gasteiger partial charge in [-0.1, -0.05) is 0 Å². The molecular formula is C18H25NO5. The van der Waals surface area contributed by atoms with Crippen molar-refractivity contribution in [2.75, 3.05) is 13.2 Å². The molecule has 24 heavy (non-hydrogen) atoms. The number of ether oxygens (including phenoxy) is 2. The summed E-state index contributed by atoms with van der Waals surface area (Å²) >= 11 is 0. The fraction of sp³-hybridized carbons (Fsp3) is 0.556. The van der Waals surface area contributed by atoms with Crippen molar-refractivity contribution in [1.29, 1.82) is 0 Å². The smallest absolute Gasteiger partial charge is 0.326 e. The largest absolute Gasteiger partial charge is 0.494 e. The summed E-state index contributed by atoms with van der Waals surface area (Å²) in [5, 5.41) is 9.13. The van der Waals surface area contributed by atoms with E-state index in [9.17, 15) is 9.59 Å². The molecule has 6 heteroatoms. The maximum absolute atomic E-state index is 12.3. The highest BCUT2D eigenvalue weighted by atomic mass is 16.5. The number of aliphatic carboxylic acids is 1. The zero-order valence-corrected chi connectivity index (χ0v) is 14.2. The van der Waals surface area contributed by atoms with Crippen molar-refractivity contribution in [2.45, 2.75) is 51.6 Å². The Kier molecular flexibility index (Phi) is 6.46. The lowest BCUT2D eigenvalue weighted by Gasteiger charge is -2.26. The van der Waals surface area contributed by atoms with Gasteiger partial charge in [-0.25, -0.2) is 4.79 Å². The van der Waals surface area contributed by atoms with E-state index in [1.807, 2.05) is 31.2 Å². The molecule has 0 aliphatic heterocycles. The number of nitrogens with zero attached hydrogens (tertiary/aromatic N) is 1. The first kappa shape index (κ1) is 18.1. The van der Waals surface area contributed by atoms with E-state index < -0.39 is 12.0 Å². The molecule has 2 rings (SSSR count). The summed E-state index contributed by atoms with van der Waals surface area (Å²) in [7, 11) is 0. The molecule has 1 aliphatic rings. The van der Waals surface area contributed by atoms with Crippen LogP contribution in [0.4, 0.5) is 0 Å². The second-order valence-electron chi connectivity index (χ2n) is 5.90. The monoisotopic (exact) mass is 335 g/mol. The minimum absolute atomic E-state index is 0.0932. The molecule has 0 heterocycles. The van der Waals surface area contributed by atoms with Gasteiger partial charge in [0.2, 0.25) is 5.91 Å². The number of amides is 1. The van der Waals surface area contributed by atoms with Gasteiger partial charge in [-0.05, 0) is 57.4 Å². The van der Waals surface area contributed by atoms with E-state index in [2.05, 4.69) is 0 Å². The number of carboxylic acid groups (broad SMARTS) is 1. The third kappa shape index (κ3) is 5.15. The maximum Gasteiger partial charge on any atom is 0.326 e. The average molecular weight is 335 g/mol. The number of hydrogen-bond acceptors (Lipinski definition) is 4. The molecule has 1 aromatic carbocycles. The van der Waals surface area contributed by atoms with Crippen molar-refractivity contribution in [1.82, 2.24) is 4.90 Å². The number of hydrogen-bond donors (Lipinski definition) is 1. The Bertz CT molecular complexity index is 553. The fourth-order valence-corrected chi connectivity index (χ4v) is 2.55. The van der Waals surface area contributed by atoms with E-state index in [0.29, 0.717) is 26.1 Å². The first-order valence-electron chi connectivity index (χ1n) is 8.42. The van der Waals surface area contributed by atoms with Gasteiger partial charge in [0.1, 0.15) is 17.5 Å². The Balaban J connectivity index is 1.74. The molecule has 1 atom stereocenters. The van der Waals surface area contributed by atoms with Gasteiger partial charge >= 0.3 is 5.97 Å². The maximum atomic E-state index is 12.3. The van der Waals surface area contributed by atoms with E-state index in [0.717, 1.165) is 24.3 Å². The van der Waals surface area contributed by atoms with Gasteiger partial charge in [0.05, 0.1) is 13.2 Å². The van der Waals surface area contributed by atoms with E-state index in [4.69, 9.17) is 14.6 Å². The van der Waals surface area contributed by atoms with Crippen LogP contribution >= 0.6 is 0 Å². The first-order chi connectivity index (χ1) is 11.5. The molecule has 1 aliphatic carbocycles. The second-order valence-corrected chi connectivity index (χ2v) is 5.90. The first-order valence-corrected chi connectivity index (χ1v) is 8.42. The molecular weight excluding hydrogens is 310 g/mol. The Morgan fingerprint density at radius 2 is 1.79 bits per heavy atom. The Labute approximate surface area is 142 Å². The van der Waals surface area contributed by atoms with E-state index >= 15 is 0 Å². The molecule has 1 N–H and O–H groups in total. The summed E-state index contributed by atoms with van der Waals surface area (Å²) in [4.78, 5) is 24.9. The highest BCUT2D eigenvalue weighted by Gasteiger charge is 2.37. The second kappa shape index (κ2) is 8.57. The van der Waals surface area contributed by atoms with Crippen molar-refractivity contribution >= 4 is 11.9 Å². The quantitative estimate of drug-likeness (QED) is 0.665. The van der Waals surface area contributed by atoms with Crippen LogP contribution in [0.25, 0.3) is 0 Å². The van der Waals surface area contributed by atoms with Crippen molar-refractivity contribution < 1.29 is 24.2 Å². The van der Waals surface area contributed by atoms with E-state index in [1.54, 1.807) is 6.92 Å². The molecule has 0 radical (unpaired) electrons. The minimum Gasteiger partial charge on any atom is -0.494 e. The predicted octanol–water partition coefficient (Wildman–Crippen LogP) is 2.71. The van der Waals surface area contributed by atoms with Gasteiger partial charge in [-0.3, -0.25) is 4.79 Å². The summed E-state index contributed by atoms with van der Waals surface area (Å²) in [6.07, 6.45) is 2.64. The Morgan fingerprint density at radius 1 is 1.21 bits per heavy atom. The number of benzene rings is 1. The van der Waals surface area contributed by atoms with Crippen LogP contribution in [0, 0.1) is 0 Å². The number of rotatable bonds is 10. The highest BCUT2D eigenvalue weighted by molar-refractivity contribution is 5.83. The summed E-state index contributed by atoms with van der Waals surface area (Å²) in [5.74, 6) is 0.454. The normalized spacial score (nSPS) is 14.8. The molecule has 0 saturated heterocycles. The van der Waals surface area contributed by atoms with Crippen LogP contribution in [-0.2, 0) is 9.59 Å². The van der Waals surface area contributed by atoms with Gasteiger partial charge in [0.25, 0.3) is 0 Å². The molecule has 0 spiro atoms. The number of carbonyl (C=O) groups is 2. The molecule has 1 amide bonds. The third-order valence-electron chi connectivity index (χ3n) is 3.94. The van der Waals surface area contributed by atoms with Gasteiger partial charge in [0, 0.05) is 12.5 Å².